The van der Waals surface area contributed by atoms with Crippen molar-refractivity contribution in [1.82, 2.24) is 20.1 Å². The predicted molar refractivity (Wildman–Crippen MR) is 76.9 cm³/mol. The maximum atomic E-state index is 12.1. The molecule has 2 rings (SSSR count). The summed E-state index contributed by atoms with van der Waals surface area (Å²) in [5.74, 6) is -0.833. The van der Waals surface area contributed by atoms with E-state index in [1.807, 2.05) is 17.9 Å². The molecule has 7 heteroatoms. The minimum atomic E-state index is -0.833. The molecule has 0 atom stereocenters. The lowest BCUT2D eigenvalue weighted by Crippen LogP contribution is -2.52. The molecule has 0 aliphatic carbocycles. The minimum absolute atomic E-state index is 0.0321. The summed E-state index contributed by atoms with van der Waals surface area (Å²) in [6, 6.07) is 1.79. The molecule has 2 amide bonds. The van der Waals surface area contributed by atoms with Crippen LogP contribution in [0, 0.1) is 6.92 Å². The zero-order valence-electron chi connectivity index (χ0n) is 12.1. The number of aromatic nitrogens is 1. The fourth-order valence-electron chi connectivity index (χ4n) is 2.26. The van der Waals surface area contributed by atoms with Gasteiger partial charge in [-0.05, 0) is 24.1 Å². The summed E-state index contributed by atoms with van der Waals surface area (Å²) in [6.07, 6.45) is 3.47. The molecule has 0 bridgehead atoms. The number of aryl methyl sites for hydroxylation is 1. The zero-order chi connectivity index (χ0) is 15.2. The van der Waals surface area contributed by atoms with Gasteiger partial charge < -0.3 is 15.3 Å². The molecule has 114 valence electrons. The topological polar surface area (TPSA) is 85.8 Å². The van der Waals surface area contributed by atoms with E-state index in [0.717, 1.165) is 11.1 Å². The van der Waals surface area contributed by atoms with E-state index in [0.29, 0.717) is 32.7 Å². The fourth-order valence-corrected chi connectivity index (χ4v) is 2.26. The van der Waals surface area contributed by atoms with Crippen molar-refractivity contribution >= 4 is 12.0 Å². The molecule has 1 aliphatic rings. The number of pyridine rings is 1. The highest BCUT2D eigenvalue weighted by Crippen LogP contribution is 2.06. The van der Waals surface area contributed by atoms with Crippen molar-refractivity contribution in [2.75, 3.05) is 32.7 Å². The van der Waals surface area contributed by atoms with Gasteiger partial charge in [-0.15, -0.1) is 0 Å². The normalized spacial score (nSPS) is 15.8. The number of aliphatic carboxylic acids is 1. The first-order valence-electron chi connectivity index (χ1n) is 6.92. The number of amides is 2. The Balaban J connectivity index is 1.77. The lowest BCUT2D eigenvalue weighted by atomic mass is 10.2. The van der Waals surface area contributed by atoms with E-state index in [4.69, 9.17) is 5.11 Å². The Labute approximate surface area is 123 Å². The summed E-state index contributed by atoms with van der Waals surface area (Å²) >= 11 is 0. The summed E-state index contributed by atoms with van der Waals surface area (Å²) in [4.78, 5) is 30.3. The average molecular weight is 292 g/mol. The van der Waals surface area contributed by atoms with Gasteiger partial charge in [0, 0.05) is 45.1 Å². The maximum absolute atomic E-state index is 12.1. The number of carboxylic acids is 1. The van der Waals surface area contributed by atoms with Crippen molar-refractivity contribution in [3.05, 3.63) is 29.6 Å². The lowest BCUT2D eigenvalue weighted by Gasteiger charge is -2.33. The third kappa shape index (κ3) is 4.42. The maximum Gasteiger partial charge on any atom is 0.317 e. The fraction of sp³-hybridized carbons (Fsp3) is 0.500. The number of rotatable bonds is 4. The minimum Gasteiger partial charge on any atom is -0.480 e. The summed E-state index contributed by atoms with van der Waals surface area (Å²) in [5, 5.41) is 11.6. The SMILES string of the molecule is Cc1ccncc1CNC(=O)N1CCN(CC(=O)O)CC1. The molecular weight excluding hydrogens is 272 g/mol. The summed E-state index contributed by atoms with van der Waals surface area (Å²) < 4.78 is 0. The average Bonchev–Trinajstić information content (AvgIpc) is 2.46. The van der Waals surface area contributed by atoms with Crippen LogP contribution in [0.25, 0.3) is 0 Å². The highest BCUT2D eigenvalue weighted by atomic mass is 16.4. The Morgan fingerprint density at radius 1 is 1.33 bits per heavy atom. The molecule has 1 aromatic heterocycles. The van der Waals surface area contributed by atoms with Gasteiger partial charge in [-0.3, -0.25) is 14.7 Å². The quantitative estimate of drug-likeness (QED) is 0.834. The third-order valence-electron chi connectivity index (χ3n) is 3.60. The molecule has 2 heterocycles. The Hall–Kier alpha value is -2.15. The largest absolute Gasteiger partial charge is 0.480 e. The van der Waals surface area contributed by atoms with E-state index in [-0.39, 0.29) is 12.6 Å². The Bertz CT molecular complexity index is 513. The van der Waals surface area contributed by atoms with Crippen LogP contribution in [0.2, 0.25) is 0 Å². The van der Waals surface area contributed by atoms with Crippen LogP contribution in [0.1, 0.15) is 11.1 Å². The van der Waals surface area contributed by atoms with Gasteiger partial charge in [-0.25, -0.2) is 4.79 Å². The van der Waals surface area contributed by atoms with Crippen molar-refractivity contribution in [3.63, 3.8) is 0 Å². The van der Waals surface area contributed by atoms with Gasteiger partial charge in [0.15, 0.2) is 0 Å². The molecule has 0 saturated carbocycles. The molecule has 0 aromatic carbocycles. The number of carbonyl (C=O) groups is 2. The summed E-state index contributed by atoms with van der Waals surface area (Å²) in [6.45, 7) is 4.74. The van der Waals surface area contributed by atoms with Gasteiger partial charge in [0.1, 0.15) is 0 Å². The molecule has 1 aromatic rings. The number of carbonyl (C=O) groups excluding carboxylic acids is 1. The van der Waals surface area contributed by atoms with Crippen LogP contribution in [0.15, 0.2) is 18.5 Å². The van der Waals surface area contributed by atoms with E-state index >= 15 is 0 Å². The first-order valence-corrected chi connectivity index (χ1v) is 6.92. The zero-order valence-corrected chi connectivity index (χ0v) is 12.1. The molecule has 0 unspecified atom stereocenters. The highest BCUT2D eigenvalue weighted by molar-refractivity contribution is 5.74. The van der Waals surface area contributed by atoms with E-state index in [2.05, 4.69) is 10.3 Å². The molecule has 1 fully saturated rings. The van der Waals surface area contributed by atoms with Crippen LogP contribution in [-0.4, -0.2) is 64.6 Å². The van der Waals surface area contributed by atoms with Crippen LogP contribution >= 0.6 is 0 Å². The second-order valence-electron chi connectivity index (χ2n) is 5.12. The van der Waals surface area contributed by atoms with Crippen LogP contribution in [0.5, 0.6) is 0 Å². The van der Waals surface area contributed by atoms with Gasteiger partial charge in [-0.2, -0.15) is 0 Å². The van der Waals surface area contributed by atoms with Gasteiger partial charge in [0.05, 0.1) is 6.54 Å². The van der Waals surface area contributed by atoms with Gasteiger partial charge in [0.25, 0.3) is 0 Å². The van der Waals surface area contributed by atoms with Gasteiger partial charge >= 0.3 is 12.0 Å². The number of urea groups is 1. The van der Waals surface area contributed by atoms with Crippen molar-refractivity contribution in [1.29, 1.82) is 0 Å². The number of carboxylic acid groups (broad SMARTS) is 1. The van der Waals surface area contributed by atoms with E-state index in [1.165, 1.54) is 0 Å². The Morgan fingerprint density at radius 3 is 2.67 bits per heavy atom. The first kappa shape index (κ1) is 15.2. The van der Waals surface area contributed by atoms with Crippen LogP contribution < -0.4 is 5.32 Å². The third-order valence-corrected chi connectivity index (χ3v) is 3.60. The second kappa shape index (κ2) is 7.03. The molecule has 1 saturated heterocycles. The molecule has 1 aliphatic heterocycles. The number of nitrogens with zero attached hydrogens (tertiary/aromatic N) is 3. The molecule has 21 heavy (non-hydrogen) atoms. The monoisotopic (exact) mass is 292 g/mol. The Morgan fingerprint density at radius 2 is 2.05 bits per heavy atom. The number of hydrogen-bond donors (Lipinski definition) is 2. The lowest BCUT2D eigenvalue weighted by molar-refractivity contribution is -0.138. The van der Waals surface area contributed by atoms with Crippen molar-refractivity contribution in [3.8, 4) is 0 Å². The van der Waals surface area contributed by atoms with Crippen molar-refractivity contribution < 1.29 is 14.7 Å². The second-order valence-corrected chi connectivity index (χ2v) is 5.12. The van der Waals surface area contributed by atoms with E-state index in [1.54, 1.807) is 17.3 Å². The number of piperazine rings is 1. The highest BCUT2D eigenvalue weighted by Gasteiger charge is 2.21. The first-order chi connectivity index (χ1) is 10.1. The van der Waals surface area contributed by atoms with Gasteiger partial charge in [-0.1, -0.05) is 0 Å². The predicted octanol–water partition coefficient (Wildman–Crippen LogP) is 0.302. The molecular formula is C14H20N4O3. The molecule has 0 spiro atoms. The van der Waals surface area contributed by atoms with Crippen LogP contribution in [-0.2, 0) is 11.3 Å². The number of hydrogen-bond acceptors (Lipinski definition) is 4. The van der Waals surface area contributed by atoms with Crippen molar-refractivity contribution in [2.24, 2.45) is 0 Å². The Kier molecular flexibility index (Phi) is 5.10. The van der Waals surface area contributed by atoms with Crippen LogP contribution in [0.3, 0.4) is 0 Å². The number of nitrogens with one attached hydrogen (secondary N) is 1. The van der Waals surface area contributed by atoms with Gasteiger partial charge in [0.2, 0.25) is 0 Å². The smallest absolute Gasteiger partial charge is 0.317 e. The molecule has 2 N–H and O–H groups in total. The van der Waals surface area contributed by atoms with E-state index in [9.17, 15) is 9.59 Å². The van der Waals surface area contributed by atoms with Crippen LogP contribution in [0.4, 0.5) is 4.79 Å². The van der Waals surface area contributed by atoms with Crippen molar-refractivity contribution in [2.45, 2.75) is 13.5 Å². The van der Waals surface area contributed by atoms with E-state index < -0.39 is 5.97 Å². The summed E-state index contributed by atoms with van der Waals surface area (Å²) in [7, 11) is 0. The standard InChI is InChI=1S/C14H20N4O3/c1-11-2-3-15-8-12(11)9-16-14(21)18-6-4-17(5-7-18)10-13(19)20/h2-3,8H,4-7,9-10H2,1H3,(H,16,21)(H,19,20). The molecule has 0 radical (unpaired) electrons. The summed E-state index contributed by atoms with van der Waals surface area (Å²) in [5.41, 5.74) is 2.09. The molecule has 7 nitrogen and oxygen atoms in total.